The molecule has 0 saturated heterocycles. The SMILES string of the molecule is Cc1noc(CCC(=O)Nc2cccc(OCC(=O)O)c2)n1. The van der Waals surface area contributed by atoms with Crippen molar-refractivity contribution in [3.8, 4) is 5.75 Å². The molecule has 0 aliphatic rings. The molecule has 1 heterocycles. The number of carboxylic acids is 1. The lowest BCUT2D eigenvalue weighted by Gasteiger charge is -2.07. The Kier molecular flexibility index (Phi) is 5.07. The second-order valence-electron chi connectivity index (χ2n) is 4.49. The summed E-state index contributed by atoms with van der Waals surface area (Å²) in [5.74, 6) is 0.0214. The predicted octanol–water partition coefficient (Wildman–Crippen LogP) is 1.41. The van der Waals surface area contributed by atoms with E-state index in [1.54, 1.807) is 31.2 Å². The minimum Gasteiger partial charge on any atom is -0.482 e. The molecule has 8 nitrogen and oxygen atoms in total. The highest BCUT2D eigenvalue weighted by molar-refractivity contribution is 5.90. The van der Waals surface area contributed by atoms with Crippen molar-refractivity contribution in [1.29, 1.82) is 0 Å². The lowest BCUT2D eigenvalue weighted by Crippen LogP contribution is -2.13. The minimum atomic E-state index is -1.07. The van der Waals surface area contributed by atoms with E-state index in [0.29, 0.717) is 29.6 Å². The summed E-state index contributed by atoms with van der Waals surface area (Å²) in [6.07, 6.45) is 0.545. The Morgan fingerprint density at radius 3 is 2.91 bits per heavy atom. The average Bonchev–Trinajstić information content (AvgIpc) is 2.89. The lowest BCUT2D eigenvalue weighted by molar-refractivity contribution is -0.139. The molecule has 1 aromatic carbocycles. The van der Waals surface area contributed by atoms with Crippen LogP contribution in [0.1, 0.15) is 18.1 Å². The molecule has 1 aromatic heterocycles. The summed E-state index contributed by atoms with van der Waals surface area (Å²) in [5.41, 5.74) is 0.523. The molecule has 0 saturated carbocycles. The number of rotatable bonds is 7. The van der Waals surface area contributed by atoms with Crippen LogP contribution in [-0.2, 0) is 16.0 Å². The number of hydrogen-bond donors (Lipinski definition) is 2. The summed E-state index contributed by atoms with van der Waals surface area (Å²) in [7, 11) is 0. The third kappa shape index (κ3) is 4.89. The highest BCUT2D eigenvalue weighted by Crippen LogP contribution is 2.17. The Bertz CT molecular complexity index is 668. The molecule has 116 valence electrons. The monoisotopic (exact) mass is 305 g/mol. The third-order valence-corrected chi connectivity index (χ3v) is 2.62. The number of benzene rings is 1. The number of aromatic nitrogens is 2. The van der Waals surface area contributed by atoms with E-state index in [2.05, 4.69) is 15.5 Å². The van der Waals surface area contributed by atoms with Gasteiger partial charge in [-0.05, 0) is 19.1 Å². The molecular weight excluding hydrogens is 290 g/mol. The minimum absolute atomic E-state index is 0.196. The number of nitrogens with zero attached hydrogens (tertiary/aromatic N) is 2. The molecule has 22 heavy (non-hydrogen) atoms. The zero-order chi connectivity index (χ0) is 15.9. The molecule has 0 fully saturated rings. The highest BCUT2D eigenvalue weighted by atomic mass is 16.5. The van der Waals surface area contributed by atoms with Gasteiger partial charge >= 0.3 is 5.97 Å². The number of anilines is 1. The van der Waals surface area contributed by atoms with Crippen molar-refractivity contribution < 1.29 is 24.0 Å². The molecule has 0 unspecified atom stereocenters. The third-order valence-electron chi connectivity index (χ3n) is 2.62. The summed E-state index contributed by atoms with van der Waals surface area (Å²) < 4.78 is 9.96. The first-order chi connectivity index (χ1) is 10.5. The number of ether oxygens (including phenoxy) is 1. The number of amides is 1. The molecule has 0 spiro atoms. The first-order valence-electron chi connectivity index (χ1n) is 6.56. The summed E-state index contributed by atoms with van der Waals surface area (Å²) in [4.78, 5) is 26.3. The van der Waals surface area contributed by atoms with E-state index in [9.17, 15) is 9.59 Å². The van der Waals surface area contributed by atoms with Gasteiger partial charge in [-0.3, -0.25) is 4.79 Å². The smallest absolute Gasteiger partial charge is 0.341 e. The average molecular weight is 305 g/mol. The van der Waals surface area contributed by atoms with Crippen molar-refractivity contribution in [2.45, 2.75) is 19.8 Å². The molecule has 8 heteroatoms. The van der Waals surface area contributed by atoms with Crippen LogP contribution in [0.2, 0.25) is 0 Å². The standard InChI is InChI=1S/C14H15N3O5/c1-9-15-13(22-17-9)6-5-12(18)16-10-3-2-4-11(7-10)21-8-14(19)20/h2-4,7H,5-6,8H2,1H3,(H,16,18)(H,19,20). The van der Waals surface area contributed by atoms with Gasteiger partial charge in [-0.1, -0.05) is 11.2 Å². The van der Waals surface area contributed by atoms with Gasteiger partial charge in [-0.15, -0.1) is 0 Å². The van der Waals surface area contributed by atoms with Gasteiger partial charge in [0, 0.05) is 24.6 Å². The van der Waals surface area contributed by atoms with Crippen LogP contribution in [0.4, 0.5) is 5.69 Å². The number of aliphatic carboxylic acids is 1. The van der Waals surface area contributed by atoms with Gasteiger partial charge in [0.25, 0.3) is 0 Å². The molecule has 0 aliphatic carbocycles. The van der Waals surface area contributed by atoms with Crippen LogP contribution >= 0.6 is 0 Å². The fourth-order valence-electron chi connectivity index (χ4n) is 1.69. The van der Waals surface area contributed by atoms with E-state index in [-0.39, 0.29) is 12.3 Å². The second kappa shape index (κ2) is 7.21. The molecule has 2 N–H and O–H groups in total. The fraction of sp³-hybridized carbons (Fsp3) is 0.286. The maximum absolute atomic E-state index is 11.8. The predicted molar refractivity (Wildman–Crippen MR) is 75.6 cm³/mol. The van der Waals surface area contributed by atoms with Crippen LogP contribution < -0.4 is 10.1 Å². The lowest BCUT2D eigenvalue weighted by atomic mass is 10.2. The second-order valence-corrected chi connectivity index (χ2v) is 4.49. The summed E-state index contributed by atoms with van der Waals surface area (Å²) in [6.45, 7) is 1.27. The Balaban J connectivity index is 1.85. The van der Waals surface area contributed by atoms with Crippen LogP contribution in [0.3, 0.4) is 0 Å². The van der Waals surface area contributed by atoms with Crippen LogP contribution in [0.25, 0.3) is 0 Å². The normalized spacial score (nSPS) is 10.2. The summed E-state index contributed by atoms with van der Waals surface area (Å²) >= 11 is 0. The Labute approximate surface area is 126 Å². The van der Waals surface area contributed by atoms with Gasteiger partial charge in [-0.25, -0.2) is 4.79 Å². The van der Waals surface area contributed by atoms with Crippen molar-refractivity contribution in [1.82, 2.24) is 10.1 Å². The molecule has 2 rings (SSSR count). The molecule has 0 atom stereocenters. The van der Waals surface area contributed by atoms with E-state index in [4.69, 9.17) is 14.4 Å². The number of carboxylic acid groups (broad SMARTS) is 1. The number of nitrogens with one attached hydrogen (secondary N) is 1. The topological polar surface area (TPSA) is 115 Å². The number of carbonyl (C=O) groups is 2. The summed E-state index contributed by atoms with van der Waals surface area (Å²) in [5, 5.41) is 14.9. The number of carbonyl (C=O) groups excluding carboxylic acids is 1. The van der Waals surface area contributed by atoms with Crippen molar-refractivity contribution in [3.63, 3.8) is 0 Å². The van der Waals surface area contributed by atoms with Crippen molar-refractivity contribution in [2.24, 2.45) is 0 Å². The first kappa shape index (κ1) is 15.5. The zero-order valence-corrected chi connectivity index (χ0v) is 11.9. The molecular formula is C14H15N3O5. The van der Waals surface area contributed by atoms with E-state index < -0.39 is 12.6 Å². The van der Waals surface area contributed by atoms with Crippen LogP contribution in [0.5, 0.6) is 5.75 Å². The van der Waals surface area contributed by atoms with Crippen LogP contribution in [0, 0.1) is 6.92 Å². The maximum atomic E-state index is 11.8. The van der Waals surface area contributed by atoms with Gasteiger partial charge < -0.3 is 19.7 Å². The quantitative estimate of drug-likeness (QED) is 0.794. The maximum Gasteiger partial charge on any atom is 0.341 e. The molecule has 1 amide bonds. The highest BCUT2D eigenvalue weighted by Gasteiger charge is 2.08. The van der Waals surface area contributed by atoms with E-state index in [1.165, 1.54) is 0 Å². The molecule has 0 radical (unpaired) electrons. The van der Waals surface area contributed by atoms with Gasteiger partial charge in [0.05, 0.1) is 0 Å². The van der Waals surface area contributed by atoms with Gasteiger partial charge in [-0.2, -0.15) is 4.98 Å². The molecule has 0 aliphatic heterocycles. The Hall–Kier alpha value is -2.90. The van der Waals surface area contributed by atoms with E-state index in [0.717, 1.165) is 0 Å². The van der Waals surface area contributed by atoms with Gasteiger partial charge in [0.1, 0.15) is 5.75 Å². The molecule has 0 bridgehead atoms. The molecule has 2 aromatic rings. The van der Waals surface area contributed by atoms with Crippen LogP contribution in [0.15, 0.2) is 28.8 Å². The van der Waals surface area contributed by atoms with E-state index >= 15 is 0 Å². The van der Waals surface area contributed by atoms with Gasteiger partial charge in [0.2, 0.25) is 11.8 Å². The fourth-order valence-corrected chi connectivity index (χ4v) is 1.69. The largest absolute Gasteiger partial charge is 0.482 e. The Morgan fingerprint density at radius 1 is 1.41 bits per heavy atom. The van der Waals surface area contributed by atoms with Crippen molar-refractivity contribution >= 4 is 17.6 Å². The van der Waals surface area contributed by atoms with Crippen molar-refractivity contribution in [3.05, 3.63) is 36.0 Å². The first-order valence-corrected chi connectivity index (χ1v) is 6.56. The number of hydrogen-bond acceptors (Lipinski definition) is 6. The Morgan fingerprint density at radius 2 is 2.23 bits per heavy atom. The zero-order valence-electron chi connectivity index (χ0n) is 11.9. The number of aryl methyl sites for hydroxylation is 2. The van der Waals surface area contributed by atoms with E-state index in [1.807, 2.05) is 0 Å². The van der Waals surface area contributed by atoms with Crippen LogP contribution in [-0.4, -0.2) is 33.7 Å². The van der Waals surface area contributed by atoms with Gasteiger partial charge in [0.15, 0.2) is 12.4 Å². The summed E-state index contributed by atoms with van der Waals surface area (Å²) in [6, 6.07) is 6.51. The van der Waals surface area contributed by atoms with Crippen molar-refractivity contribution in [2.75, 3.05) is 11.9 Å².